The summed E-state index contributed by atoms with van der Waals surface area (Å²) < 4.78 is 1.33. The maximum absolute atomic E-state index is 12.5. The molecule has 1 N–H and O–H groups in total. The predicted octanol–water partition coefficient (Wildman–Crippen LogP) is 3.56. The fraction of sp³-hybridized carbons (Fsp3) is 0.250. The van der Waals surface area contributed by atoms with Gasteiger partial charge in [0, 0.05) is 5.02 Å². The third-order valence-corrected chi connectivity index (χ3v) is 4.51. The van der Waals surface area contributed by atoms with Crippen molar-refractivity contribution in [1.29, 1.82) is 0 Å². The Hall–Kier alpha value is -2.66. The highest BCUT2D eigenvalue weighted by atomic mass is 35.5. The lowest BCUT2D eigenvalue weighted by Gasteiger charge is -2.23. The van der Waals surface area contributed by atoms with Crippen LogP contribution >= 0.6 is 11.6 Å². The summed E-state index contributed by atoms with van der Waals surface area (Å²) in [5.74, 6) is -0.0515. The predicted molar refractivity (Wildman–Crippen MR) is 103 cm³/mol. The Balaban J connectivity index is 1.80. The summed E-state index contributed by atoms with van der Waals surface area (Å²) in [5, 5.41) is 4.16. The lowest BCUT2D eigenvalue weighted by molar-refractivity contribution is -0.122. The topological polar surface area (TPSA) is 64.0 Å². The molecule has 1 unspecified atom stereocenters. The van der Waals surface area contributed by atoms with E-state index in [1.54, 1.807) is 30.3 Å². The number of halogens is 1. The molecule has 0 spiro atoms. The minimum absolute atomic E-state index is 0.0759. The largest absolute Gasteiger partial charge is 0.347 e. The summed E-state index contributed by atoms with van der Waals surface area (Å²) >= 11 is 5.94. The van der Waals surface area contributed by atoms with Crippen LogP contribution < -0.4 is 10.9 Å². The summed E-state index contributed by atoms with van der Waals surface area (Å²) in [6.45, 7) is 3.99. The Morgan fingerprint density at radius 2 is 1.85 bits per heavy atom. The van der Waals surface area contributed by atoms with Gasteiger partial charge in [0.05, 0.1) is 23.3 Å². The number of benzene rings is 2. The van der Waals surface area contributed by atoms with E-state index in [9.17, 15) is 9.59 Å². The number of aromatic nitrogens is 2. The SMILES string of the molecule is CC(C)C(NC(=O)Cn1cnc2ccccc2c1=O)c1ccc(Cl)cc1. The van der Waals surface area contributed by atoms with Crippen molar-refractivity contribution in [2.75, 3.05) is 0 Å². The van der Waals surface area contributed by atoms with E-state index in [0.29, 0.717) is 15.9 Å². The maximum atomic E-state index is 12.5. The van der Waals surface area contributed by atoms with Gasteiger partial charge in [-0.3, -0.25) is 14.2 Å². The van der Waals surface area contributed by atoms with Gasteiger partial charge >= 0.3 is 0 Å². The maximum Gasteiger partial charge on any atom is 0.261 e. The molecule has 3 aromatic rings. The molecule has 134 valence electrons. The lowest BCUT2D eigenvalue weighted by atomic mass is 9.96. The van der Waals surface area contributed by atoms with Crippen LogP contribution in [0.2, 0.25) is 5.02 Å². The molecule has 0 aliphatic heterocycles. The Bertz CT molecular complexity index is 980. The standard InChI is InChI=1S/C20H20ClN3O2/c1-13(2)19(14-7-9-15(21)10-8-14)23-18(25)11-24-12-22-17-6-4-3-5-16(17)20(24)26/h3-10,12-13,19H,11H2,1-2H3,(H,23,25). The van der Waals surface area contributed by atoms with Gasteiger partial charge in [0.1, 0.15) is 6.54 Å². The van der Waals surface area contributed by atoms with Crippen molar-refractivity contribution >= 4 is 28.4 Å². The first-order valence-corrected chi connectivity index (χ1v) is 8.82. The number of hydrogen-bond donors (Lipinski definition) is 1. The number of fused-ring (bicyclic) bond motifs is 1. The monoisotopic (exact) mass is 369 g/mol. The number of carbonyl (C=O) groups excluding carboxylic acids is 1. The van der Waals surface area contributed by atoms with E-state index in [-0.39, 0.29) is 30.0 Å². The van der Waals surface area contributed by atoms with E-state index in [0.717, 1.165) is 5.56 Å². The number of para-hydroxylation sites is 1. The van der Waals surface area contributed by atoms with Gasteiger partial charge in [-0.1, -0.05) is 49.7 Å². The highest BCUT2D eigenvalue weighted by molar-refractivity contribution is 6.30. The zero-order chi connectivity index (χ0) is 18.7. The number of hydrogen-bond acceptors (Lipinski definition) is 3. The Morgan fingerprint density at radius 3 is 2.54 bits per heavy atom. The van der Waals surface area contributed by atoms with Crippen LogP contribution in [0.15, 0.2) is 59.7 Å². The molecule has 26 heavy (non-hydrogen) atoms. The summed E-state index contributed by atoms with van der Waals surface area (Å²) in [4.78, 5) is 29.3. The second kappa shape index (κ2) is 7.70. The molecule has 6 heteroatoms. The summed E-state index contributed by atoms with van der Waals surface area (Å²) in [6, 6.07) is 14.3. The molecule has 0 aliphatic carbocycles. The Kier molecular flexibility index (Phi) is 5.38. The van der Waals surface area contributed by atoms with Gasteiger partial charge in [0.25, 0.3) is 5.56 Å². The van der Waals surface area contributed by atoms with Crippen LogP contribution in [-0.4, -0.2) is 15.5 Å². The number of nitrogens with zero attached hydrogens (tertiary/aromatic N) is 2. The minimum Gasteiger partial charge on any atom is -0.347 e. The summed E-state index contributed by atoms with van der Waals surface area (Å²) in [5.41, 5.74) is 1.37. The van der Waals surface area contributed by atoms with Crippen LogP contribution in [0.1, 0.15) is 25.5 Å². The van der Waals surface area contributed by atoms with E-state index >= 15 is 0 Å². The smallest absolute Gasteiger partial charge is 0.261 e. The van der Waals surface area contributed by atoms with E-state index < -0.39 is 0 Å². The van der Waals surface area contributed by atoms with Gasteiger partial charge in [0.2, 0.25) is 5.91 Å². The van der Waals surface area contributed by atoms with Gasteiger partial charge in [-0.05, 0) is 35.7 Å². The Labute approximate surface area is 156 Å². The molecule has 1 amide bonds. The molecule has 1 atom stereocenters. The van der Waals surface area contributed by atoms with Crippen molar-refractivity contribution in [3.63, 3.8) is 0 Å². The second-order valence-corrected chi connectivity index (χ2v) is 6.97. The quantitative estimate of drug-likeness (QED) is 0.747. The molecule has 1 heterocycles. The first kappa shape index (κ1) is 18.1. The molecule has 0 bridgehead atoms. The molecule has 0 saturated carbocycles. The van der Waals surface area contributed by atoms with Crippen molar-refractivity contribution in [1.82, 2.24) is 14.9 Å². The highest BCUT2D eigenvalue weighted by Gasteiger charge is 2.19. The van der Waals surface area contributed by atoms with Gasteiger partial charge in [-0.25, -0.2) is 4.98 Å². The highest BCUT2D eigenvalue weighted by Crippen LogP contribution is 2.23. The zero-order valence-electron chi connectivity index (χ0n) is 14.6. The number of amides is 1. The minimum atomic E-state index is -0.238. The second-order valence-electron chi connectivity index (χ2n) is 6.54. The molecular formula is C20H20ClN3O2. The van der Waals surface area contributed by atoms with Gasteiger partial charge in [-0.15, -0.1) is 0 Å². The fourth-order valence-electron chi connectivity index (χ4n) is 2.90. The first-order chi connectivity index (χ1) is 12.5. The average molecular weight is 370 g/mol. The summed E-state index contributed by atoms with van der Waals surface area (Å²) in [7, 11) is 0. The van der Waals surface area contributed by atoms with Gasteiger partial charge in [0.15, 0.2) is 0 Å². The molecular weight excluding hydrogens is 350 g/mol. The number of nitrogens with one attached hydrogen (secondary N) is 1. The average Bonchev–Trinajstić information content (AvgIpc) is 2.63. The van der Waals surface area contributed by atoms with E-state index in [2.05, 4.69) is 10.3 Å². The van der Waals surface area contributed by atoms with Crippen LogP contribution in [0.25, 0.3) is 10.9 Å². The van der Waals surface area contributed by atoms with Crippen molar-refractivity contribution in [2.24, 2.45) is 5.92 Å². The van der Waals surface area contributed by atoms with Crippen LogP contribution in [0.3, 0.4) is 0 Å². The molecule has 1 aromatic heterocycles. The fourth-order valence-corrected chi connectivity index (χ4v) is 3.02. The number of carbonyl (C=O) groups is 1. The molecule has 0 saturated heterocycles. The van der Waals surface area contributed by atoms with E-state index in [4.69, 9.17) is 11.6 Å². The molecule has 0 radical (unpaired) electrons. The molecule has 0 aliphatic rings. The lowest BCUT2D eigenvalue weighted by Crippen LogP contribution is -2.36. The van der Waals surface area contributed by atoms with Crippen molar-refractivity contribution in [3.8, 4) is 0 Å². The van der Waals surface area contributed by atoms with Crippen molar-refractivity contribution < 1.29 is 4.79 Å². The van der Waals surface area contributed by atoms with Crippen molar-refractivity contribution in [3.05, 3.63) is 75.8 Å². The van der Waals surface area contributed by atoms with Crippen LogP contribution in [0.4, 0.5) is 0 Å². The third-order valence-electron chi connectivity index (χ3n) is 4.26. The van der Waals surface area contributed by atoms with Gasteiger partial charge in [-0.2, -0.15) is 0 Å². The van der Waals surface area contributed by atoms with E-state index in [1.807, 2.05) is 32.0 Å². The molecule has 3 rings (SSSR count). The third kappa shape index (κ3) is 3.94. The van der Waals surface area contributed by atoms with Crippen LogP contribution in [0.5, 0.6) is 0 Å². The number of rotatable bonds is 5. The molecule has 0 fully saturated rings. The van der Waals surface area contributed by atoms with Crippen LogP contribution in [-0.2, 0) is 11.3 Å². The molecule has 5 nitrogen and oxygen atoms in total. The molecule has 2 aromatic carbocycles. The van der Waals surface area contributed by atoms with Crippen LogP contribution in [0, 0.1) is 5.92 Å². The van der Waals surface area contributed by atoms with Gasteiger partial charge < -0.3 is 5.32 Å². The normalized spacial score (nSPS) is 12.3. The van der Waals surface area contributed by atoms with Crippen molar-refractivity contribution in [2.45, 2.75) is 26.4 Å². The van der Waals surface area contributed by atoms with E-state index in [1.165, 1.54) is 10.9 Å². The first-order valence-electron chi connectivity index (χ1n) is 8.44. The summed E-state index contributed by atoms with van der Waals surface area (Å²) in [6.07, 6.45) is 1.41. The zero-order valence-corrected chi connectivity index (χ0v) is 15.4. The Morgan fingerprint density at radius 1 is 1.15 bits per heavy atom.